The van der Waals surface area contributed by atoms with E-state index in [2.05, 4.69) is 42.0 Å². The van der Waals surface area contributed by atoms with Gasteiger partial charge in [0.2, 0.25) is 0 Å². The fourth-order valence-electron chi connectivity index (χ4n) is 2.14. The summed E-state index contributed by atoms with van der Waals surface area (Å²) < 4.78 is 1.00. The van der Waals surface area contributed by atoms with Crippen LogP contribution in [0.1, 0.15) is 45.6 Å². The Bertz CT molecular complexity index is 506. The molecule has 3 nitrogen and oxygen atoms in total. The first-order valence-corrected chi connectivity index (χ1v) is 8.67. The number of benzene rings is 1. The molecule has 2 N–H and O–H groups in total. The summed E-state index contributed by atoms with van der Waals surface area (Å²) in [4.78, 5) is 11.7. The van der Waals surface area contributed by atoms with Crippen LogP contribution in [0, 0.1) is 5.92 Å². The lowest BCUT2D eigenvalue weighted by molar-refractivity contribution is -0.132. The van der Waals surface area contributed by atoms with Crippen molar-refractivity contribution in [3.8, 4) is 0 Å². The summed E-state index contributed by atoms with van der Waals surface area (Å²) in [6, 6.07) is 7.82. The van der Waals surface area contributed by atoms with E-state index in [1.54, 1.807) is 0 Å². The van der Waals surface area contributed by atoms with Gasteiger partial charge >= 0.3 is 5.97 Å². The Morgan fingerprint density at radius 3 is 2.41 bits per heavy atom. The first-order chi connectivity index (χ1) is 10.4. The molecule has 0 atom stereocenters. The number of carboxylic acid groups (broad SMARTS) is 1. The molecule has 0 aliphatic rings. The van der Waals surface area contributed by atoms with Crippen LogP contribution < -0.4 is 5.32 Å². The first-order valence-electron chi connectivity index (χ1n) is 7.87. The van der Waals surface area contributed by atoms with Crippen molar-refractivity contribution in [3.63, 3.8) is 0 Å². The van der Waals surface area contributed by atoms with Gasteiger partial charge in [-0.1, -0.05) is 55.3 Å². The Morgan fingerprint density at radius 1 is 1.27 bits per heavy atom. The number of unbranched alkanes of at least 4 members (excludes halogenated alkanes) is 1. The van der Waals surface area contributed by atoms with Gasteiger partial charge in [-0.25, -0.2) is 4.79 Å². The normalized spacial score (nSPS) is 12.2. The van der Waals surface area contributed by atoms with Crippen molar-refractivity contribution in [2.75, 3.05) is 6.54 Å². The molecule has 0 saturated carbocycles. The Balaban J connectivity index is 3.00. The SMILES string of the molecule is CCCC/C(NCC(C)C)=C(/Cc1ccc(Br)cc1)C(=O)O. The van der Waals surface area contributed by atoms with E-state index in [0.717, 1.165) is 41.5 Å². The molecule has 0 aromatic heterocycles. The lowest BCUT2D eigenvalue weighted by atomic mass is 10.0. The predicted octanol–water partition coefficient (Wildman–Crippen LogP) is 4.77. The zero-order chi connectivity index (χ0) is 16.5. The van der Waals surface area contributed by atoms with E-state index in [-0.39, 0.29) is 0 Å². The van der Waals surface area contributed by atoms with Gasteiger partial charge in [-0.3, -0.25) is 0 Å². The third-order valence-electron chi connectivity index (χ3n) is 3.42. The van der Waals surface area contributed by atoms with E-state index in [9.17, 15) is 9.90 Å². The van der Waals surface area contributed by atoms with Crippen molar-refractivity contribution in [1.29, 1.82) is 0 Å². The van der Waals surface area contributed by atoms with Gasteiger partial charge in [0.1, 0.15) is 0 Å². The number of rotatable bonds is 9. The molecule has 0 heterocycles. The fourth-order valence-corrected chi connectivity index (χ4v) is 2.41. The number of hydrogen-bond acceptors (Lipinski definition) is 2. The molecule has 1 rings (SSSR count). The van der Waals surface area contributed by atoms with Crippen LogP contribution in [0.25, 0.3) is 0 Å². The Kier molecular flexibility index (Phi) is 8.25. The minimum Gasteiger partial charge on any atom is -0.478 e. The molecule has 1 aromatic rings. The maximum atomic E-state index is 11.7. The molecule has 0 amide bonds. The van der Waals surface area contributed by atoms with Crippen LogP contribution in [-0.4, -0.2) is 17.6 Å². The van der Waals surface area contributed by atoms with E-state index < -0.39 is 5.97 Å². The molecule has 0 aliphatic heterocycles. The summed E-state index contributed by atoms with van der Waals surface area (Å²) in [5.74, 6) is -0.343. The maximum Gasteiger partial charge on any atom is 0.333 e. The summed E-state index contributed by atoms with van der Waals surface area (Å²) in [5, 5.41) is 13.0. The van der Waals surface area contributed by atoms with Crippen molar-refractivity contribution >= 4 is 21.9 Å². The minimum atomic E-state index is -0.828. The van der Waals surface area contributed by atoms with E-state index in [1.807, 2.05) is 24.3 Å². The number of aliphatic carboxylic acids is 1. The van der Waals surface area contributed by atoms with Gasteiger partial charge in [-0.15, -0.1) is 0 Å². The lowest BCUT2D eigenvalue weighted by Gasteiger charge is -2.17. The molecule has 0 unspecified atom stereocenters. The molecule has 1 aromatic carbocycles. The highest BCUT2D eigenvalue weighted by atomic mass is 79.9. The molecule has 0 fully saturated rings. The fraction of sp³-hybridized carbons (Fsp3) is 0.500. The molecular weight excluding hydrogens is 342 g/mol. The van der Waals surface area contributed by atoms with Crippen molar-refractivity contribution in [1.82, 2.24) is 5.32 Å². The van der Waals surface area contributed by atoms with Crippen molar-refractivity contribution in [2.45, 2.75) is 46.5 Å². The Hall–Kier alpha value is -1.29. The van der Waals surface area contributed by atoms with Gasteiger partial charge in [0.25, 0.3) is 0 Å². The molecule has 0 aliphatic carbocycles. The van der Waals surface area contributed by atoms with Gasteiger partial charge in [-0.2, -0.15) is 0 Å². The van der Waals surface area contributed by atoms with Crippen LogP contribution in [0.5, 0.6) is 0 Å². The summed E-state index contributed by atoms with van der Waals surface area (Å²) in [6.45, 7) is 7.17. The van der Waals surface area contributed by atoms with Gasteiger partial charge in [0.15, 0.2) is 0 Å². The highest BCUT2D eigenvalue weighted by molar-refractivity contribution is 9.10. The monoisotopic (exact) mass is 367 g/mol. The number of hydrogen-bond donors (Lipinski definition) is 2. The van der Waals surface area contributed by atoms with Crippen molar-refractivity contribution in [2.24, 2.45) is 5.92 Å². The smallest absolute Gasteiger partial charge is 0.333 e. The number of nitrogens with one attached hydrogen (secondary N) is 1. The average Bonchev–Trinajstić information content (AvgIpc) is 2.47. The van der Waals surface area contributed by atoms with E-state index in [4.69, 9.17) is 0 Å². The van der Waals surface area contributed by atoms with Gasteiger partial charge in [0.05, 0.1) is 5.57 Å². The van der Waals surface area contributed by atoms with Gasteiger partial charge in [-0.05, 0) is 36.5 Å². The van der Waals surface area contributed by atoms with E-state index >= 15 is 0 Å². The van der Waals surface area contributed by atoms with Crippen molar-refractivity contribution in [3.05, 3.63) is 45.6 Å². The molecule has 22 heavy (non-hydrogen) atoms. The summed E-state index contributed by atoms with van der Waals surface area (Å²) >= 11 is 3.40. The van der Waals surface area contributed by atoms with Crippen LogP contribution in [0.4, 0.5) is 0 Å². The van der Waals surface area contributed by atoms with Gasteiger partial charge < -0.3 is 10.4 Å². The zero-order valence-electron chi connectivity index (χ0n) is 13.7. The quantitative estimate of drug-likeness (QED) is 0.618. The second-order valence-corrected chi connectivity index (χ2v) is 6.86. The molecular formula is C18H26BrNO2. The lowest BCUT2D eigenvalue weighted by Crippen LogP contribution is -2.23. The molecule has 122 valence electrons. The third-order valence-corrected chi connectivity index (χ3v) is 3.95. The summed E-state index contributed by atoms with van der Waals surface area (Å²) in [7, 11) is 0. The maximum absolute atomic E-state index is 11.7. The molecule has 0 bridgehead atoms. The molecule has 4 heteroatoms. The standard InChI is InChI=1S/C18H26BrNO2/c1-4-5-6-17(20-12-13(2)3)16(18(21)22)11-14-7-9-15(19)10-8-14/h7-10,13,20H,4-6,11-12H2,1-3H3,(H,21,22)/b17-16+. The second-order valence-electron chi connectivity index (χ2n) is 5.94. The number of allylic oxidation sites excluding steroid dienone is 1. The topological polar surface area (TPSA) is 49.3 Å². The van der Waals surface area contributed by atoms with Crippen LogP contribution in [0.3, 0.4) is 0 Å². The number of halogens is 1. The third kappa shape index (κ3) is 6.65. The first kappa shape index (κ1) is 18.8. The average molecular weight is 368 g/mol. The van der Waals surface area contributed by atoms with E-state index in [0.29, 0.717) is 17.9 Å². The minimum absolute atomic E-state index is 0.451. The van der Waals surface area contributed by atoms with Crippen LogP contribution >= 0.6 is 15.9 Å². The number of carbonyl (C=O) groups is 1. The largest absolute Gasteiger partial charge is 0.478 e. The molecule has 0 spiro atoms. The summed E-state index contributed by atoms with van der Waals surface area (Å²) in [6.07, 6.45) is 3.30. The van der Waals surface area contributed by atoms with E-state index in [1.165, 1.54) is 0 Å². The van der Waals surface area contributed by atoms with Crippen LogP contribution in [0.15, 0.2) is 40.0 Å². The Morgan fingerprint density at radius 2 is 1.91 bits per heavy atom. The van der Waals surface area contributed by atoms with Crippen LogP contribution in [-0.2, 0) is 11.2 Å². The van der Waals surface area contributed by atoms with Crippen LogP contribution in [0.2, 0.25) is 0 Å². The highest BCUT2D eigenvalue weighted by Crippen LogP contribution is 2.18. The Labute approximate surface area is 141 Å². The second kappa shape index (κ2) is 9.67. The summed E-state index contributed by atoms with van der Waals surface area (Å²) in [5.41, 5.74) is 2.38. The number of carboxylic acids is 1. The predicted molar refractivity (Wildman–Crippen MR) is 94.9 cm³/mol. The molecule has 0 radical (unpaired) electrons. The highest BCUT2D eigenvalue weighted by Gasteiger charge is 2.15. The van der Waals surface area contributed by atoms with Gasteiger partial charge in [0, 0.05) is 23.1 Å². The zero-order valence-corrected chi connectivity index (χ0v) is 15.2. The van der Waals surface area contributed by atoms with Crippen molar-refractivity contribution < 1.29 is 9.90 Å². The molecule has 0 saturated heterocycles.